The van der Waals surface area contributed by atoms with Gasteiger partial charge in [0.1, 0.15) is 0 Å². The molecule has 0 spiro atoms. The van der Waals surface area contributed by atoms with E-state index < -0.39 is 0 Å². The smallest absolute Gasteiger partial charge is 0.269 e. The zero-order valence-corrected chi connectivity index (χ0v) is 15.5. The minimum absolute atomic E-state index is 0.0931. The van der Waals surface area contributed by atoms with Crippen molar-refractivity contribution in [3.05, 3.63) is 39.9 Å². The molecule has 2 saturated heterocycles. The number of benzene rings is 1. The monoisotopic (exact) mass is 374 g/mol. The van der Waals surface area contributed by atoms with Crippen LogP contribution in [0, 0.1) is 16.0 Å². The van der Waals surface area contributed by atoms with Gasteiger partial charge in [0.25, 0.3) is 5.69 Å². The molecule has 0 aliphatic carbocycles. The second-order valence-corrected chi connectivity index (χ2v) is 7.39. The highest BCUT2D eigenvalue weighted by Crippen LogP contribution is 2.29. The number of nitro benzene ring substituents is 1. The maximum atomic E-state index is 10.9. The lowest BCUT2D eigenvalue weighted by Gasteiger charge is -2.36. The number of likely N-dealkylation sites (tertiary alicyclic amines) is 1. The number of non-ortho nitro benzene ring substituents is 1. The molecular weight excluding hydrogens is 348 g/mol. The molecule has 146 valence electrons. The van der Waals surface area contributed by atoms with Gasteiger partial charge in [-0.1, -0.05) is 11.6 Å². The molecule has 0 aromatic heterocycles. The molecule has 8 nitrogen and oxygen atoms in total. The van der Waals surface area contributed by atoms with E-state index in [0.717, 1.165) is 44.0 Å². The highest BCUT2D eigenvalue weighted by atomic mass is 16.7. The fraction of sp³-hybridized carbons (Fsp3) is 0.632. The van der Waals surface area contributed by atoms with Crippen molar-refractivity contribution in [3.8, 4) is 0 Å². The third kappa shape index (κ3) is 4.12. The fourth-order valence-corrected chi connectivity index (χ4v) is 4.16. The van der Waals surface area contributed by atoms with Crippen LogP contribution >= 0.6 is 0 Å². The van der Waals surface area contributed by atoms with Crippen LogP contribution in [0.5, 0.6) is 0 Å². The quantitative estimate of drug-likeness (QED) is 0.580. The van der Waals surface area contributed by atoms with Crippen molar-refractivity contribution < 1.29 is 14.5 Å². The predicted molar refractivity (Wildman–Crippen MR) is 101 cm³/mol. The van der Waals surface area contributed by atoms with Gasteiger partial charge in [-0.15, -0.1) is 0 Å². The average Bonchev–Trinajstić information content (AvgIpc) is 3.13. The summed E-state index contributed by atoms with van der Waals surface area (Å²) in [6.07, 6.45) is 3.68. The first-order valence-electron chi connectivity index (χ1n) is 9.75. The van der Waals surface area contributed by atoms with Crippen LogP contribution in [0.4, 0.5) is 5.69 Å². The number of hydrogen-bond acceptors (Lipinski definition) is 7. The standard InChI is InChI=1S/C19H26N4O4/c24-23(25)16-6-4-15(5-7-16)18-17(14-21-8-2-1-3-9-21)19(27-20-18)22-10-12-26-13-11-22/h4-7,17,19H,1-3,8-14H2/t17-,19-/m0/s1. The van der Waals surface area contributed by atoms with Crippen LogP contribution < -0.4 is 0 Å². The molecule has 8 heteroatoms. The normalized spacial score (nSPS) is 27.2. The Balaban J connectivity index is 1.55. The summed E-state index contributed by atoms with van der Waals surface area (Å²) in [7, 11) is 0. The van der Waals surface area contributed by atoms with Crippen molar-refractivity contribution in [2.24, 2.45) is 11.1 Å². The van der Waals surface area contributed by atoms with E-state index in [1.165, 1.54) is 31.4 Å². The first kappa shape index (κ1) is 18.3. The molecule has 4 rings (SSSR count). The van der Waals surface area contributed by atoms with E-state index in [4.69, 9.17) is 9.57 Å². The lowest BCUT2D eigenvalue weighted by molar-refractivity contribution is -0.384. The second kappa shape index (κ2) is 8.33. The molecular formula is C19H26N4O4. The number of hydrogen-bond donors (Lipinski definition) is 0. The molecule has 0 unspecified atom stereocenters. The zero-order chi connectivity index (χ0) is 18.6. The van der Waals surface area contributed by atoms with Gasteiger partial charge in [0.05, 0.1) is 29.8 Å². The highest BCUT2D eigenvalue weighted by molar-refractivity contribution is 6.03. The van der Waals surface area contributed by atoms with Gasteiger partial charge >= 0.3 is 0 Å². The second-order valence-electron chi connectivity index (χ2n) is 7.39. The van der Waals surface area contributed by atoms with Gasteiger partial charge in [0, 0.05) is 37.3 Å². The van der Waals surface area contributed by atoms with E-state index in [0.29, 0.717) is 13.2 Å². The molecule has 27 heavy (non-hydrogen) atoms. The maximum absolute atomic E-state index is 10.9. The van der Waals surface area contributed by atoms with Gasteiger partial charge in [0.2, 0.25) is 0 Å². The summed E-state index contributed by atoms with van der Waals surface area (Å²) < 4.78 is 5.48. The van der Waals surface area contributed by atoms with Crippen LogP contribution in [0.25, 0.3) is 0 Å². The van der Waals surface area contributed by atoms with Crippen molar-refractivity contribution in [1.82, 2.24) is 9.80 Å². The molecule has 3 aliphatic heterocycles. The first-order valence-corrected chi connectivity index (χ1v) is 9.75. The molecule has 2 fully saturated rings. The summed E-state index contributed by atoms with van der Waals surface area (Å²) in [5.74, 6) is 0.127. The Morgan fingerprint density at radius 3 is 2.44 bits per heavy atom. The number of ether oxygens (including phenoxy) is 1. The van der Waals surface area contributed by atoms with E-state index in [-0.39, 0.29) is 22.8 Å². The number of nitro groups is 1. The third-order valence-electron chi connectivity index (χ3n) is 5.64. The Morgan fingerprint density at radius 2 is 1.78 bits per heavy atom. The summed E-state index contributed by atoms with van der Waals surface area (Å²) in [6.45, 7) is 6.22. The highest BCUT2D eigenvalue weighted by Gasteiger charge is 2.40. The van der Waals surface area contributed by atoms with Gasteiger partial charge in [-0.2, -0.15) is 0 Å². The fourth-order valence-electron chi connectivity index (χ4n) is 4.16. The third-order valence-corrected chi connectivity index (χ3v) is 5.64. The van der Waals surface area contributed by atoms with Crippen LogP contribution in [-0.2, 0) is 9.57 Å². The zero-order valence-electron chi connectivity index (χ0n) is 15.5. The molecule has 2 atom stereocenters. The Bertz CT molecular complexity index is 681. The van der Waals surface area contributed by atoms with Crippen LogP contribution in [0.1, 0.15) is 24.8 Å². The van der Waals surface area contributed by atoms with Crippen LogP contribution in [0.15, 0.2) is 29.4 Å². The number of morpholine rings is 1. The van der Waals surface area contributed by atoms with E-state index >= 15 is 0 Å². The van der Waals surface area contributed by atoms with E-state index in [1.54, 1.807) is 12.1 Å². The molecule has 1 aromatic rings. The number of piperidine rings is 1. The van der Waals surface area contributed by atoms with Crippen molar-refractivity contribution in [2.45, 2.75) is 25.5 Å². The SMILES string of the molecule is O=[N+]([O-])c1ccc(C2=NO[C@H](N3CCOCC3)[C@H]2CN2CCCCC2)cc1. The summed E-state index contributed by atoms with van der Waals surface area (Å²) >= 11 is 0. The Kier molecular flexibility index (Phi) is 5.66. The molecule has 0 N–H and O–H groups in total. The summed E-state index contributed by atoms with van der Waals surface area (Å²) in [5.41, 5.74) is 1.89. The predicted octanol–water partition coefficient (Wildman–Crippen LogP) is 2.09. The van der Waals surface area contributed by atoms with E-state index in [2.05, 4.69) is 15.0 Å². The minimum atomic E-state index is -0.377. The Hall–Kier alpha value is -2.03. The van der Waals surface area contributed by atoms with E-state index in [1.807, 2.05) is 0 Å². The molecule has 3 heterocycles. The van der Waals surface area contributed by atoms with Gasteiger partial charge in [-0.05, 0) is 38.1 Å². The van der Waals surface area contributed by atoms with Gasteiger partial charge < -0.3 is 14.5 Å². The van der Waals surface area contributed by atoms with Crippen LogP contribution in [0.3, 0.4) is 0 Å². The molecule has 0 radical (unpaired) electrons. The van der Waals surface area contributed by atoms with Crippen molar-refractivity contribution >= 4 is 11.4 Å². The van der Waals surface area contributed by atoms with Crippen LogP contribution in [0.2, 0.25) is 0 Å². The summed E-state index contributed by atoms with van der Waals surface area (Å²) in [6, 6.07) is 6.65. The lowest BCUT2D eigenvalue weighted by Crippen LogP contribution is -2.50. The number of nitrogens with zero attached hydrogens (tertiary/aromatic N) is 4. The molecule has 1 aromatic carbocycles. The Morgan fingerprint density at radius 1 is 1.07 bits per heavy atom. The number of rotatable bonds is 5. The molecule has 0 amide bonds. The van der Waals surface area contributed by atoms with Gasteiger partial charge in [-0.3, -0.25) is 15.0 Å². The minimum Gasteiger partial charge on any atom is -0.379 e. The Labute approximate surface area is 158 Å². The van der Waals surface area contributed by atoms with Crippen molar-refractivity contribution in [3.63, 3.8) is 0 Å². The summed E-state index contributed by atoms with van der Waals surface area (Å²) in [5, 5.41) is 15.4. The van der Waals surface area contributed by atoms with Gasteiger partial charge in [0.15, 0.2) is 6.23 Å². The van der Waals surface area contributed by atoms with Gasteiger partial charge in [-0.25, -0.2) is 0 Å². The average molecular weight is 374 g/mol. The largest absolute Gasteiger partial charge is 0.379 e. The topological polar surface area (TPSA) is 80.4 Å². The molecule has 3 aliphatic rings. The molecule has 0 bridgehead atoms. The van der Waals surface area contributed by atoms with E-state index in [9.17, 15) is 10.1 Å². The summed E-state index contributed by atoms with van der Waals surface area (Å²) in [4.78, 5) is 21.3. The maximum Gasteiger partial charge on any atom is 0.269 e. The molecule has 0 saturated carbocycles. The van der Waals surface area contributed by atoms with Crippen molar-refractivity contribution in [1.29, 1.82) is 0 Å². The lowest BCUT2D eigenvalue weighted by atomic mass is 9.93. The first-order chi connectivity index (χ1) is 13.2. The number of oxime groups is 1. The van der Waals surface area contributed by atoms with Crippen molar-refractivity contribution in [2.75, 3.05) is 45.9 Å². The van der Waals surface area contributed by atoms with Crippen LogP contribution in [-0.4, -0.2) is 72.6 Å².